The number of halogens is 1. The molecule has 2 aromatic rings. The van der Waals surface area contributed by atoms with Gasteiger partial charge in [-0.05, 0) is 55.2 Å². The Bertz CT molecular complexity index is 820. The molecular weight excluding hydrogens is 503 g/mol. The summed E-state index contributed by atoms with van der Waals surface area (Å²) in [6.45, 7) is 10.4. The van der Waals surface area contributed by atoms with Crippen molar-refractivity contribution in [2.45, 2.75) is 40.3 Å². The van der Waals surface area contributed by atoms with Gasteiger partial charge in [0.25, 0.3) is 5.91 Å². The van der Waals surface area contributed by atoms with E-state index in [2.05, 4.69) is 53.8 Å². The summed E-state index contributed by atoms with van der Waals surface area (Å²) in [7, 11) is 1.63. The normalized spacial score (nSPS) is 12.0. The lowest BCUT2D eigenvalue weighted by Crippen LogP contribution is -2.38. The Morgan fingerprint density at radius 2 is 1.68 bits per heavy atom. The first-order valence-corrected chi connectivity index (χ1v) is 10.5. The van der Waals surface area contributed by atoms with Crippen LogP contribution in [0.3, 0.4) is 0 Å². The second kappa shape index (κ2) is 13.9. The first-order chi connectivity index (χ1) is 14.4. The smallest absolute Gasteiger partial charge is 0.251 e. The van der Waals surface area contributed by atoms with E-state index < -0.39 is 0 Å². The van der Waals surface area contributed by atoms with Crippen LogP contribution in [0.25, 0.3) is 0 Å². The van der Waals surface area contributed by atoms with E-state index in [1.807, 2.05) is 43.3 Å². The number of hydrogen-bond donors (Lipinski definition) is 3. The lowest BCUT2D eigenvalue weighted by Gasteiger charge is -2.19. The summed E-state index contributed by atoms with van der Waals surface area (Å²) in [5, 5.41) is 9.36. The standard InChI is InChI=1S/C24H34N4O2.HI/c1-6-26-24(27-15-19-7-9-21(10-8-19)23(29)25-5)28-18(4)20-11-13-22(14-12-20)30-16-17(2)3;/h7-14,17-18H,6,15-16H2,1-5H3,(H,25,29)(H2,26,27,28);1H. The zero-order valence-electron chi connectivity index (χ0n) is 19.1. The number of amides is 1. The second-order valence-electron chi connectivity index (χ2n) is 7.61. The third kappa shape index (κ3) is 9.16. The molecule has 0 aromatic heterocycles. The van der Waals surface area contributed by atoms with Gasteiger partial charge < -0.3 is 20.7 Å². The van der Waals surface area contributed by atoms with Gasteiger partial charge in [0.1, 0.15) is 5.75 Å². The summed E-state index contributed by atoms with van der Waals surface area (Å²) < 4.78 is 5.76. The average Bonchev–Trinajstić information content (AvgIpc) is 2.76. The van der Waals surface area contributed by atoms with Crippen molar-refractivity contribution in [2.24, 2.45) is 10.9 Å². The fraction of sp³-hybridized carbons (Fsp3) is 0.417. The minimum absolute atomic E-state index is 0. The summed E-state index contributed by atoms with van der Waals surface area (Å²) >= 11 is 0. The molecule has 6 nitrogen and oxygen atoms in total. The monoisotopic (exact) mass is 538 g/mol. The number of guanidine groups is 1. The number of nitrogens with one attached hydrogen (secondary N) is 3. The van der Waals surface area contributed by atoms with E-state index in [4.69, 9.17) is 4.74 Å². The Morgan fingerprint density at radius 1 is 1.03 bits per heavy atom. The Labute approximate surface area is 203 Å². The maximum Gasteiger partial charge on any atom is 0.251 e. The minimum Gasteiger partial charge on any atom is -0.493 e. The molecule has 0 saturated heterocycles. The third-order valence-corrected chi connectivity index (χ3v) is 4.52. The molecule has 31 heavy (non-hydrogen) atoms. The van der Waals surface area contributed by atoms with Gasteiger partial charge in [-0.15, -0.1) is 24.0 Å². The van der Waals surface area contributed by atoms with Crippen molar-refractivity contribution in [1.29, 1.82) is 0 Å². The van der Waals surface area contributed by atoms with Gasteiger partial charge in [-0.2, -0.15) is 0 Å². The molecule has 0 heterocycles. The summed E-state index contributed by atoms with van der Waals surface area (Å²) in [4.78, 5) is 16.3. The quantitative estimate of drug-likeness (QED) is 0.250. The molecule has 170 valence electrons. The molecule has 0 aliphatic heterocycles. The predicted molar refractivity (Wildman–Crippen MR) is 138 cm³/mol. The SMILES string of the molecule is CCNC(=NCc1ccc(C(=O)NC)cc1)NC(C)c1ccc(OCC(C)C)cc1.I. The van der Waals surface area contributed by atoms with E-state index in [0.717, 1.165) is 29.4 Å². The number of nitrogens with zero attached hydrogens (tertiary/aromatic N) is 1. The topological polar surface area (TPSA) is 74.8 Å². The highest BCUT2D eigenvalue weighted by Crippen LogP contribution is 2.18. The molecule has 1 amide bonds. The first-order valence-electron chi connectivity index (χ1n) is 10.5. The summed E-state index contributed by atoms with van der Waals surface area (Å²) in [6, 6.07) is 15.8. The van der Waals surface area contributed by atoms with Crippen molar-refractivity contribution in [3.63, 3.8) is 0 Å². The van der Waals surface area contributed by atoms with Gasteiger partial charge in [-0.3, -0.25) is 4.79 Å². The molecule has 0 radical (unpaired) electrons. The molecule has 7 heteroatoms. The Hall–Kier alpha value is -2.29. The number of carbonyl (C=O) groups is 1. The molecule has 0 aliphatic rings. The van der Waals surface area contributed by atoms with Crippen LogP contribution in [0.1, 0.15) is 55.2 Å². The van der Waals surface area contributed by atoms with Gasteiger partial charge in [0.15, 0.2) is 5.96 Å². The summed E-state index contributed by atoms with van der Waals surface area (Å²) in [5.74, 6) is 2.06. The van der Waals surface area contributed by atoms with Crippen molar-refractivity contribution in [3.05, 3.63) is 65.2 Å². The molecule has 1 unspecified atom stereocenters. The molecule has 0 spiro atoms. The van der Waals surface area contributed by atoms with E-state index in [0.29, 0.717) is 24.6 Å². The number of hydrogen-bond acceptors (Lipinski definition) is 3. The fourth-order valence-corrected chi connectivity index (χ4v) is 2.80. The van der Waals surface area contributed by atoms with Crippen LogP contribution in [-0.2, 0) is 6.54 Å². The number of aliphatic imine (C=N–C) groups is 1. The van der Waals surface area contributed by atoms with Gasteiger partial charge in [0, 0.05) is 19.2 Å². The van der Waals surface area contributed by atoms with E-state index in [-0.39, 0.29) is 35.9 Å². The van der Waals surface area contributed by atoms with Crippen molar-refractivity contribution in [3.8, 4) is 5.75 Å². The summed E-state index contributed by atoms with van der Waals surface area (Å²) in [6.07, 6.45) is 0. The zero-order chi connectivity index (χ0) is 21.9. The number of rotatable bonds is 9. The number of benzene rings is 2. The van der Waals surface area contributed by atoms with Crippen LogP contribution in [0.4, 0.5) is 0 Å². The van der Waals surface area contributed by atoms with Crippen LogP contribution in [0.5, 0.6) is 5.75 Å². The Morgan fingerprint density at radius 3 is 2.23 bits per heavy atom. The van der Waals surface area contributed by atoms with Gasteiger partial charge in [-0.25, -0.2) is 4.99 Å². The van der Waals surface area contributed by atoms with Crippen molar-refractivity contribution < 1.29 is 9.53 Å². The lowest BCUT2D eigenvalue weighted by molar-refractivity contribution is 0.0963. The van der Waals surface area contributed by atoms with Crippen LogP contribution in [0, 0.1) is 5.92 Å². The van der Waals surface area contributed by atoms with Crippen molar-refractivity contribution >= 4 is 35.8 Å². The van der Waals surface area contributed by atoms with Crippen molar-refractivity contribution in [1.82, 2.24) is 16.0 Å². The molecular formula is C24H35IN4O2. The van der Waals surface area contributed by atoms with E-state index in [1.54, 1.807) is 7.05 Å². The molecule has 0 bridgehead atoms. The number of ether oxygens (including phenoxy) is 1. The predicted octanol–water partition coefficient (Wildman–Crippen LogP) is 4.52. The summed E-state index contributed by atoms with van der Waals surface area (Å²) in [5.41, 5.74) is 2.84. The van der Waals surface area contributed by atoms with E-state index in [1.165, 1.54) is 0 Å². The van der Waals surface area contributed by atoms with Gasteiger partial charge in [0.2, 0.25) is 0 Å². The highest BCUT2D eigenvalue weighted by Gasteiger charge is 2.09. The largest absolute Gasteiger partial charge is 0.493 e. The van der Waals surface area contributed by atoms with Gasteiger partial charge in [0.05, 0.1) is 19.2 Å². The van der Waals surface area contributed by atoms with Crippen LogP contribution in [-0.4, -0.2) is 32.1 Å². The highest BCUT2D eigenvalue weighted by molar-refractivity contribution is 14.0. The van der Waals surface area contributed by atoms with Crippen LogP contribution in [0.15, 0.2) is 53.5 Å². The molecule has 0 fully saturated rings. The van der Waals surface area contributed by atoms with E-state index >= 15 is 0 Å². The Kier molecular flexibility index (Phi) is 12.0. The lowest BCUT2D eigenvalue weighted by atomic mass is 10.1. The minimum atomic E-state index is -0.0884. The maximum absolute atomic E-state index is 11.7. The van der Waals surface area contributed by atoms with Gasteiger partial charge >= 0.3 is 0 Å². The second-order valence-corrected chi connectivity index (χ2v) is 7.61. The average molecular weight is 538 g/mol. The highest BCUT2D eigenvalue weighted by atomic mass is 127. The van der Waals surface area contributed by atoms with Crippen LogP contribution >= 0.6 is 24.0 Å². The Balaban J connectivity index is 0.00000480. The molecule has 2 aromatic carbocycles. The number of carbonyl (C=O) groups excluding carboxylic acids is 1. The fourth-order valence-electron chi connectivity index (χ4n) is 2.80. The first kappa shape index (κ1) is 26.7. The molecule has 0 saturated carbocycles. The van der Waals surface area contributed by atoms with Gasteiger partial charge in [-0.1, -0.05) is 38.1 Å². The zero-order valence-corrected chi connectivity index (χ0v) is 21.4. The maximum atomic E-state index is 11.7. The molecule has 3 N–H and O–H groups in total. The molecule has 0 aliphatic carbocycles. The van der Waals surface area contributed by atoms with E-state index in [9.17, 15) is 4.79 Å². The third-order valence-electron chi connectivity index (χ3n) is 4.52. The molecule has 2 rings (SSSR count). The molecule has 1 atom stereocenters. The van der Waals surface area contributed by atoms with Crippen LogP contribution in [0.2, 0.25) is 0 Å². The van der Waals surface area contributed by atoms with Crippen molar-refractivity contribution in [2.75, 3.05) is 20.2 Å². The van der Waals surface area contributed by atoms with Crippen LogP contribution < -0.4 is 20.7 Å².